The zero-order valence-corrected chi connectivity index (χ0v) is 13.9. The van der Waals surface area contributed by atoms with E-state index < -0.39 is 11.9 Å². The largest absolute Gasteiger partial charge is 0.459 e. The van der Waals surface area contributed by atoms with Gasteiger partial charge in [-0.05, 0) is 37.1 Å². The summed E-state index contributed by atoms with van der Waals surface area (Å²) >= 11 is 0. The standard InChI is InChI=1S/C19H19N3O3/c1-13(22-19(24)16-8-4-12-25-16)18(23)21-11-9-15-6-2-5-14-7-3-10-20-17(14)15/h2-8,10,12-13H,9,11H2,1H3,(H,21,23)(H,22,24). The van der Waals surface area contributed by atoms with Gasteiger partial charge in [0, 0.05) is 18.1 Å². The van der Waals surface area contributed by atoms with E-state index in [4.69, 9.17) is 4.42 Å². The monoisotopic (exact) mass is 337 g/mol. The maximum atomic E-state index is 12.1. The number of furan rings is 1. The van der Waals surface area contributed by atoms with Gasteiger partial charge in [0.25, 0.3) is 5.91 Å². The van der Waals surface area contributed by atoms with Crippen LogP contribution in [0.15, 0.2) is 59.3 Å². The number of hydrogen-bond acceptors (Lipinski definition) is 4. The van der Waals surface area contributed by atoms with Crippen LogP contribution in [0.2, 0.25) is 0 Å². The van der Waals surface area contributed by atoms with Gasteiger partial charge in [-0.15, -0.1) is 0 Å². The lowest BCUT2D eigenvalue weighted by atomic mass is 10.1. The predicted octanol–water partition coefficient (Wildman–Crippen LogP) is 2.30. The molecule has 0 saturated carbocycles. The number of nitrogens with one attached hydrogen (secondary N) is 2. The highest BCUT2D eigenvalue weighted by atomic mass is 16.3. The maximum absolute atomic E-state index is 12.1. The van der Waals surface area contributed by atoms with Gasteiger partial charge in [-0.2, -0.15) is 0 Å². The van der Waals surface area contributed by atoms with Crippen molar-refractivity contribution in [3.63, 3.8) is 0 Å². The third-order valence-corrected chi connectivity index (χ3v) is 3.90. The van der Waals surface area contributed by atoms with E-state index >= 15 is 0 Å². The van der Waals surface area contributed by atoms with Crippen molar-refractivity contribution in [1.82, 2.24) is 15.6 Å². The predicted molar refractivity (Wildman–Crippen MR) is 94.1 cm³/mol. The molecule has 1 aromatic carbocycles. The van der Waals surface area contributed by atoms with E-state index in [0.29, 0.717) is 13.0 Å². The Morgan fingerprint density at radius 1 is 1.16 bits per heavy atom. The van der Waals surface area contributed by atoms with E-state index in [1.54, 1.807) is 25.3 Å². The lowest BCUT2D eigenvalue weighted by Crippen LogP contribution is -2.45. The van der Waals surface area contributed by atoms with Gasteiger partial charge in [-0.3, -0.25) is 14.6 Å². The first-order chi connectivity index (χ1) is 12.1. The zero-order chi connectivity index (χ0) is 17.6. The van der Waals surface area contributed by atoms with Crippen LogP contribution in [0.5, 0.6) is 0 Å². The van der Waals surface area contributed by atoms with Crippen molar-refractivity contribution in [3.05, 3.63) is 66.2 Å². The minimum Gasteiger partial charge on any atom is -0.459 e. The Bertz CT molecular complexity index is 869. The van der Waals surface area contributed by atoms with Gasteiger partial charge >= 0.3 is 0 Å². The number of hydrogen-bond donors (Lipinski definition) is 2. The molecule has 128 valence electrons. The van der Waals surface area contributed by atoms with E-state index in [0.717, 1.165) is 16.5 Å². The average Bonchev–Trinajstić information content (AvgIpc) is 3.16. The van der Waals surface area contributed by atoms with Crippen LogP contribution in [0.25, 0.3) is 10.9 Å². The summed E-state index contributed by atoms with van der Waals surface area (Å²) in [5.41, 5.74) is 2.02. The normalized spacial score (nSPS) is 11.9. The first-order valence-electron chi connectivity index (χ1n) is 8.10. The van der Waals surface area contributed by atoms with Crippen LogP contribution in [0.4, 0.5) is 0 Å². The summed E-state index contributed by atoms with van der Waals surface area (Å²) in [4.78, 5) is 28.4. The van der Waals surface area contributed by atoms with Crippen LogP contribution in [0.3, 0.4) is 0 Å². The Morgan fingerprint density at radius 2 is 2.00 bits per heavy atom. The topological polar surface area (TPSA) is 84.2 Å². The summed E-state index contributed by atoms with van der Waals surface area (Å²) in [5.74, 6) is -0.472. The molecule has 1 unspecified atom stereocenters. The molecule has 0 spiro atoms. The van der Waals surface area contributed by atoms with Crippen LogP contribution in [-0.4, -0.2) is 29.4 Å². The third kappa shape index (κ3) is 4.03. The van der Waals surface area contributed by atoms with Crippen molar-refractivity contribution in [2.24, 2.45) is 0 Å². The highest BCUT2D eigenvalue weighted by Gasteiger charge is 2.17. The van der Waals surface area contributed by atoms with Crippen LogP contribution < -0.4 is 10.6 Å². The molecule has 2 amide bonds. The molecule has 3 aromatic rings. The highest BCUT2D eigenvalue weighted by molar-refractivity contribution is 5.95. The summed E-state index contributed by atoms with van der Waals surface area (Å²) in [6, 6.07) is 12.4. The molecule has 6 heteroatoms. The van der Waals surface area contributed by atoms with Crippen molar-refractivity contribution >= 4 is 22.7 Å². The Hall–Kier alpha value is -3.15. The summed E-state index contributed by atoms with van der Waals surface area (Å²) in [7, 11) is 0. The van der Waals surface area contributed by atoms with Crippen LogP contribution in [-0.2, 0) is 11.2 Å². The first-order valence-corrected chi connectivity index (χ1v) is 8.10. The van der Waals surface area contributed by atoms with Gasteiger partial charge in [-0.25, -0.2) is 0 Å². The fourth-order valence-electron chi connectivity index (χ4n) is 2.58. The van der Waals surface area contributed by atoms with E-state index in [1.165, 1.54) is 6.26 Å². The zero-order valence-electron chi connectivity index (χ0n) is 13.9. The third-order valence-electron chi connectivity index (χ3n) is 3.90. The van der Waals surface area contributed by atoms with Crippen molar-refractivity contribution in [1.29, 1.82) is 0 Å². The number of carbonyl (C=O) groups excluding carboxylic acids is 2. The molecule has 0 aliphatic carbocycles. The molecule has 25 heavy (non-hydrogen) atoms. The number of amides is 2. The van der Waals surface area contributed by atoms with Gasteiger partial charge in [-0.1, -0.05) is 24.3 Å². The van der Waals surface area contributed by atoms with E-state index in [2.05, 4.69) is 15.6 Å². The minimum absolute atomic E-state index is 0.182. The summed E-state index contributed by atoms with van der Waals surface area (Å²) in [6.07, 6.45) is 3.84. The van der Waals surface area contributed by atoms with Crippen molar-refractivity contribution in [3.8, 4) is 0 Å². The molecule has 2 aromatic heterocycles. The minimum atomic E-state index is -0.650. The molecule has 2 heterocycles. The number of fused-ring (bicyclic) bond motifs is 1. The number of pyridine rings is 1. The van der Waals surface area contributed by atoms with E-state index in [1.807, 2.05) is 30.3 Å². The lowest BCUT2D eigenvalue weighted by Gasteiger charge is -2.13. The van der Waals surface area contributed by atoms with Gasteiger partial charge in [0.05, 0.1) is 11.8 Å². The van der Waals surface area contributed by atoms with Gasteiger partial charge in [0.15, 0.2) is 5.76 Å². The quantitative estimate of drug-likeness (QED) is 0.723. The molecule has 0 radical (unpaired) electrons. The fraction of sp³-hybridized carbons (Fsp3) is 0.211. The molecule has 2 N–H and O–H groups in total. The van der Waals surface area contributed by atoms with Gasteiger partial charge in [0.1, 0.15) is 6.04 Å². The molecule has 3 rings (SSSR count). The molecular weight excluding hydrogens is 318 g/mol. The summed E-state index contributed by atoms with van der Waals surface area (Å²) < 4.78 is 5.01. The number of nitrogens with zero attached hydrogens (tertiary/aromatic N) is 1. The number of para-hydroxylation sites is 1. The second-order valence-electron chi connectivity index (χ2n) is 5.71. The molecule has 0 bridgehead atoms. The Morgan fingerprint density at radius 3 is 2.80 bits per heavy atom. The molecule has 1 atom stereocenters. The number of aromatic nitrogens is 1. The number of carbonyl (C=O) groups is 2. The Kier molecular flexibility index (Phi) is 5.09. The van der Waals surface area contributed by atoms with E-state index in [-0.39, 0.29) is 11.7 Å². The lowest BCUT2D eigenvalue weighted by molar-refractivity contribution is -0.122. The first kappa shape index (κ1) is 16.7. The molecule has 0 saturated heterocycles. The summed E-state index contributed by atoms with van der Waals surface area (Å²) in [5, 5.41) is 6.51. The number of benzene rings is 1. The van der Waals surface area contributed by atoms with E-state index in [9.17, 15) is 9.59 Å². The Labute approximate surface area is 145 Å². The van der Waals surface area contributed by atoms with Crippen molar-refractivity contribution < 1.29 is 14.0 Å². The molecule has 0 aliphatic heterocycles. The van der Waals surface area contributed by atoms with Crippen LogP contribution in [0, 0.1) is 0 Å². The highest BCUT2D eigenvalue weighted by Crippen LogP contribution is 2.15. The van der Waals surface area contributed by atoms with Crippen LogP contribution in [0.1, 0.15) is 23.0 Å². The molecule has 0 aliphatic rings. The average molecular weight is 337 g/mol. The van der Waals surface area contributed by atoms with Gasteiger partial charge < -0.3 is 15.1 Å². The maximum Gasteiger partial charge on any atom is 0.287 e. The second kappa shape index (κ2) is 7.61. The van der Waals surface area contributed by atoms with Crippen LogP contribution >= 0.6 is 0 Å². The van der Waals surface area contributed by atoms with Gasteiger partial charge in [0.2, 0.25) is 5.91 Å². The molecular formula is C19H19N3O3. The fourth-order valence-corrected chi connectivity index (χ4v) is 2.58. The SMILES string of the molecule is CC(NC(=O)c1ccco1)C(=O)NCCc1cccc2cccnc12. The van der Waals surface area contributed by atoms with Crippen molar-refractivity contribution in [2.75, 3.05) is 6.54 Å². The Balaban J connectivity index is 1.52. The molecule has 0 fully saturated rings. The molecule has 6 nitrogen and oxygen atoms in total. The summed E-state index contributed by atoms with van der Waals surface area (Å²) in [6.45, 7) is 2.10. The second-order valence-corrected chi connectivity index (χ2v) is 5.71. The smallest absolute Gasteiger partial charge is 0.287 e. The van der Waals surface area contributed by atoms with Crippen molar-refractivity contribution in [2.45, 2.75) is 19.4 Å². The number of rotatable bonds is 6.